The lowest BCUT2D eigenvalue weighted by molar-refractivity contribution is -0.124. The van der Waals surface area contributed by atoms with Crippen LogP contribution in [-0.2, 0) is 11.3 Å². The summed E-state index contributed by atoms with van der Waals surface area (Å²) in [4.78, 5) is 15.9. The Hall–Kier alpha value is -2.00. The Balaban J connectivity index is 1.87. The third kappa shape index (κ3) is 4.76. The minimum Gasteiger partial charge on any atom is -0.354 e. The zero-order chi connectivity index (χ0) is 17.8. The van der Waals surface area contributed by atoms with Crippen molar-refractivity contribution in [3.05, 3.63) is 58.1 Å². The average molecular weight is 372 g/mol. The first-order valence-electron chi connectivity index (χ1n) is 8.00. The van der Waals surface area contributed by atoms with Crippen molar-refractivity contribution in [2.75, 3.05) is 19.6 Å². The van der Waals surface area contributed by atoms with E-state index in [1.165, 1.54) is 0 Å². The molecule has 0 aromatic heterocycles. The van der Waals surface area contributed by atoms with Crippen LogP contribution in [0.5, 0.6) is 0 Å². The summed E-state index contributed by atoms with van der Waals surface area (Å²) in [6, 6.07) is 13.9. The molecule has 4 nitrogen and oxygen atoms in total. The number of rotatable bonds is 4. The summed E-state index contributed by atoms with van der Waals surface area (Å²) in [5, 5.41) is 12.8. The summed E-state index contributed by atoms with van der Waals surface area (Å²) in [5.74, 6) is 0.0438. The molecule has 0 bridgehead atoms. The molecular formula is C19H18ClN3OS. The molecule has 1 aliphatic rings. The van der Waals surface area contributed by atoms with Crippen molar-refractivity contribution in [3.8, 4) is 6.07 Å². The third-order valence-corrected chi connectivity index (χ3v) is 5.25. The molecule has 1 fully saturated rings. The van der Waals surface area contributed by atoms with E-state index in [0.29, 0.717) is 30.2 Å². The highest BCUT2D eigenvalue weighted by atomic mass is 35.5. The second-order valence-electron chi connectivity index (χ2n) is 6.06. The average Bonchev–Trinajstić information content (AvgIpc) is 2.55. The van der Waals surface area contributed by atoms with E-state index in [-0.39, 0.29) is 5.91 Å². The molecule has 1 amide bonds. The number of amides is 1. The smallest absolute Gasteiger partial charge is 0.234 e. The number of carbonyl (C=O) groups excluding carboxylic acids is 1. The molecule has 3 rings (SSSR count). The van der Waals surface area contributed by atoms with Crippen LogP contribution in [0.3, 0.4) is 0 Å². The third-order valence-electron chi connectivity index (χ3n) is 3.94. The van der Waals surface area contributed by atoms with Crippen molar-refractivity contribution < 1.29 is 4.79 Å². The number of hydrogen-bond acceptors (Lipinski definition) is 4. The van der Waals surface area contributed by atoms with Crippen LogP contribution in [-0.4, -0.2) is 30.4 Å². The zero-order valence-corrected chi connectivity index (χ0v) is 15.5. The van der Waals surface area contributed by atoms with Gasteiger partial charge in [-0.3, -0.25) is 9.69 Å². The molecule has 25 heavy (non-hydrogen) atoms. The van der Waals surface area contributed by atoms with Gasteiger partial charge in [0.15, 0.2) is 0 Å². The summed E-state index contributed by atoms with van der Waals surface area (Å²) >= 11 is 7.80. The quantitative estimate of drug-likeness (QED) is 0.892. The molecule has 1 heterocycles. The van der Waals surface area contributed by atoms with Crippen molar-refractivity contribution >= 4 is 29.3 Å². The minimum absolute atomic E-state index is 0.0438. The van der Waals surface area contributed by atoms with Gasteiger partial charge in [0.2, 0.25) is 5.91 Å². The van der Waals surface area contributed by atoms with Crippen LogP contribution in [0.2, 0.25) is 5.02 Å². The highest BCUT2D eigenvalue weighted by Crippen LogP contribution is 2.34. The van der Waals surface area contributed by atoms with Crippen molar-refractivity contribution in [1.29, 1.82) is 5.26 Å². The minimum atomic E-state index is 0.0438. The van der Waals surface area contributed by atoms with E-state index in [4.69, 9.17) is 11.6 Å². The summed E-state index contributed by atoms with van der Waals surface area (Å²) in [5.41, 5.74) is 2.79. The summed E-state index contributed by atoms with van der Waals surface area (Å²) in [7, 11) is 0. The Labute approximate surface area is 156 Å². The van der Waals surface area contributed by atoms with Gasteiger partial charge in [0.05, 0.1) is 18.2 Å². The van der Waals surface area contributed by atoms with Gasteiger partial charge in [0.25, 0.3) is 0 Å². The Kier molecular flexibility index (Phi) is 5.64. The van der Waals surface area contributed by atoms with Gasteiger partial charge < -0.3 is 5.32 Å². The first-order chi connectivity index (χ1) is 12.0. The van der Waals surface area contributed by atoms with Crippen molar-refractivity contribution in [2.24, 2.45) is 0 Å². The zero-order valence-electron chi connectivity index (χ0n) is 13.9. The van der Waals surface area contributed by atoms with Crippen molar-refractivity contribution in [1.82, 2.24) is 10.2 Å². The van der Waals surface area contributed by atoms with Gasteiger partial charge in [-0.2, -0.15) is 5.26 Å². The Bertz CT molecular complexity index is 827. The number of halogens is 1. The van der Waals surface area contributed by atoms with Crippen molar-refractivity contribution in [2.45, 2.75) is 23.3 Å². The number of piperazine rings is 1. The first-order valence-corrected chi connectivity index (χ1v) is 9.20. The van der Waals surface area contributed by atoms with Gasteiger partial charge in [0, 0.05) is 34.4 Å². The van der Waals surface area contributed by atoms with Crippen LogP contribution in [0, 0.1) is 18.3 Å². The predicted molar refractivity (Wildman–Crippen MR) is 99.8 cm³/mol. The Morgan fingerprint density at radius 1 is 1.32 bits per heavy atom. The summed E-state index contributed by atoms with van der Waals surface area (Å²) in [6.45, 7) is 4.51. The van der Waals surface area contributed by atoms with Gasteiger partial charge in [-0.25, -0.2) is 0 Å². The van der Waals surface area contributed by atoms with Gasteiger partial charge in [-0.15, -0.1) is 0 Å². The number of carbonyl (C=O) groups is 1. The first kappa shape index (κ1) is 17.8. The van der Waals surface area contributed by atoms with Crippen LogP contribution in [0.1, 0.15) is 16.7 Å². The normalized spacial score (nSPS) is 14.8. The van der Waals surface area contributed by atoms with E-state index in [2.05, 4.69) is 22.4 Å². The number of nitrogens with one attached hydrogen (secondary N) is 1. The lowest BCUT2D eigenvalue weighted by Gasteiger charge is -2.27. The fourth-order valence-corrected chi connectivity index (χ4v) is 4.26. The fraction of sp³-hybridized carbons (Fsp3) is 0.263. The van der Waals surface area contributed by atoms with Crippen LogP contribution in [0.4, 0.5) is 0 Å². The predicted octanol–water partition coefficient (Wildman–Crippen LogP) is 3.60. The molecule has 6 heteroatoms. The maximum absolute atomic E-state index is 11.6. The van der Waals surface area contributed by atoms with Crippen LogP contribution in [0.25, 0.3) is 0 Å². The number of hydrogen-bond donors (Lipinski definition) is 1. The lowest BCUT2D eigenvalue weighted by atomic mass is 10.1. The van der Waals surface area contributed by atoms with Gasteiger partial charge in [-0.05, 0) is 54.4 Å². The standard InChI is InChI=1S/C19H18ClN3OS/c1-13-6-16(20)9-17(7-13)25-18-3-2-14(10-21)8-15(18)11-23-5-4-22-19(24)12-23/h2-3,6-9H,4-5,11-12H2,1H3,(H,22,24). The summed E-state index contributed by atoms with van der Waals surface area (Å²) in [6.07, 6.45) is 0. The molecule has 1 saturated heterocycles. The largest absolute Gasteiger partial charge is 0.354 e. The molecule has 0 atom stereocenters. The van der Waals surface area contributed by atoms with Gasteiger partial charge in [0.1, 0.15) is 0 Å². The molecular weight excluding hydrogens is 354 g/mol. The topological polar surface area (TPSA) is 56.1 Å². The second kappa shape index (κ2) is 7.92. The van der Waals surface area contributed by atoms with Crippen LogP contribution in [0.15, 0.2) is 46.2 Å². The molecule has 0 spiro atoms. The Morgan fingerprint density at radius 2 is 2.16 bits per heavy atom. The molecule has 0 saturated carbocycles. The van der Waals surface area contributed by atoms with Crippen LogP contribution < -0.4 is 5.32 Å². The SMILES string of the molecule is Cc1cc(Cl)cc(Sc2ccc(C#N)cc2CN2CCNC(=O)C2)c1. The second-order valence-corrected chi connectivity index (χ2v) is 7.61. The number of aryl methyl sites for hydroxylation is 1. The van der Waals surface area contributed by atoms with E-state index in [9.17, 15) is 10.1 Å². The lowest BCUT2D eigenvalue weighted by Crippen LogP contribution is -2.47. The molecule has 0 radical (unpaired) electrons. The molecule has 1 N–H and O–H groups in total. The maximum atomic E-state index is 11.6. The van der Waals surface area contributed by atoms with Gasteiger partial charge >= 0.3 is 0 Å². The van der Waals surface area contributed by atoms with E-state index >= 15 is 0 Å². The molecule has 2 aromatic rings. The number of nitrogens with zero attached hydrogens (tertiary/aromatic N) is 2. The Morgan fingerprint density at radius 3 is 2.88 bits per heavy atom. The maximum Gasteiger partial charge on any atom is 0.234 e. The highest BCUT2D eigenvalue weighted by molar-refractivity contribution is 7.99. The monoisotopic (exact) mass is 371 g/mol. The fourth-order valence-electron chi connectivity index (χ4n) is 2.83. The number of nitriles is 1. The molecule has 128 valence electrons. The molecule has 1 aliphatic heterocycles. The molecule has 2 aromatic carbocycles. The van der Waals surface area contributed by atoms with Crippen molar-refractivity contribution in [3.63, 3.8) is 0 Å². The van der Waals surface area contributed by atoms with E-state index < -0.39 is 0 Å². The molecule has 0 aliphatic carbocycles. The van der Waals surface area contributed by atoms with Crippen LogP contribution >= 0.6 is 23.4 Å². The van der Waals surface area contributed by atoms with E-state index in [1.807, 2.05) is 37.3 Å². The number of benzene rings is 2. The van der Waals surface area contributed by atoms with E-state index in [1.54, 1.807) is 11.8 Å². The van der Waals surface area contributed by atoms with Gasteiger partial charge in [-0.1, -0.05) is 23.4 Å². The van der Waals surface area contributed by atoms with E-state index in [0.717, 1.165) is 27.5 Å². The summed E-state index contributed by atoms with van der Waals surface area (Å²) < 4.78 is 0. The molecule has 0 unspecified atom stereocenters. The highest BCUT2D eigenvalue weighted by Gasteiger charge is 2.18.